The molecule has 2 amide bonds. The molecule has 0 spiro atoms. The van der Waals surface area contributed by atoms with E-state index in [4.69, 9.17) is 4.42 Å². The van der Waals surface area contributed by atoms with E-state index in [0.29, 0.717) is 31.8 Å². The van der Waals surface area contributed by atoms with Crippen molar-refractivity contribution in [3.05, 3.63) is 24.2 Å². The molecule has 3 rings (SSSR count). The molecular formula is C15H20N2O5S. The lowest BCUT2D eigenvalue weighted by atomic mass is 10.1. The molecule has 0 bridgehead atoms. The van der Waals surface area contributed by atoms with Gasteiger partial charge in [-0.25, -0.2) is 8.42 Å². The molecule has 7 nitrogen and oxygen atoms in total. The first-order valence-corrected chi connectivity index (χ1v) is 9.53. The van der Waals surface area contributed by atoms with E-state index in [1.54, 1.807) is 23.3 Å². The maximum Gasteiger partial charge on any atom is 0.225 e. The van der Waals surface area contributed by atoms with Gasteiger partial charge in [0.25, 0.3) is 0 Å². The van der Waals surface area contributed by atoms with Crippen LogP contribution in [0.3, 0.4) is 0 Å². The normalized spacial score (nSPS) is 26.6. The van der Waals surface area contributed by atoms with Crippen molar-refractivity contribution >= 4 is 21.7 Å². The summed E-state index contributed by atoms with van der Waals surface area (Å²) in [5, 5.41) is 2.80. The SMILES string of the molecule is O=C(NC[C@@H]1CCS(=O)(=O)C1)[C@@H]1CC(=O)N(Cc2ccco2)C1. The Morgan fingerprint density at radius 1 is 1.43 bits per heavy atom. The van der Waals surface area contributed by atoms with Crippen LogP contribution in [0.2, 0.25) is 0 Å². The Kier molecular flexibility index (Phi) is 4.43. The molecule has 2 aliphatic heterocycles. The number of furan rings is 1. The van der Waals surface area contributed by atoms with Gasteiger partial charge in [0.05, 0.1) is 30.2 Å². The zero-order chi connectivity index (χ0) is 16.4. The highest BCUT2D eigenvalue weighted by atomic mass is 32.2. The van der Waals surface area contributed by atoms with E-state index >= 15 is 0 Å². The van der Waals surface area contributed by atoms with E-state index in [1.807, 2.05) is 0 Å². The van der Waals surface area contributed by atoms with E-state index in [-0.39, 0.29) is 41.6 Å². The lowest BCUT2D eigenvalue weighted by molar-refractivity contribution is -0.129. The maximum absolute atomic E-state index is 12.2. The molecule has 2 aliphatic rings. The van der Waals surface area contributed by atoms with Gasteiger partial charge in [0, 0.05) is 19.5 Å². The van der Waals surface area contributed by atoms with Crippen molar-refractivity contribution in [1.29, 1.82) is 0 Å². The average molecular weight is 340 g/mol. The van der Waals surface area contributed by atoms with Crippen molar-refractivity contribution in [2.24, 2.45) is 11.8 Å². The Balaban J connectivity index is 1.48. The van der Waals surface area contributed by atoms with Crippen LogP contribution in [0.15, 0.2) is 22.8 Å². The second kappa shape index (κ2) is 6.35. The van der Waals surface area contributed by atoms with Gasteiger partial charge in [0.15, 0.2) is 9.84 Å². The number of carbonyl (C=O) groups excluding carboxylic acids is 2. The van der Waals surface area contributed by atoms with E-state index in [9.17, 15) is 18.0 Å². The molecule has 0 radical (unpaired) electrons. The summed E-state index contributed by atoms with van der Waals surface area (Å²) < 4.78 is 28.0. The summed E-state index contributed by atoms with van der Waals surface area (Å²) in [6.07, 6.45) is 2.34. The zero-order valence-corrected chi connectivity index (χ0v) is 13.5. The monoisotopic (exact) mass is 340 g/mol. The van der Waals surface area contributed by atoms with Crippen LogP contribution in [-0.4, -0.2) is 49.7 Å². The minimum absolute atomic E-state index is 0.0136. The second-order valence-electron chi connectivity index (χ2n) is 6.27. The molecule has 1 N–H and O–H groups in total. The Morgan fingerprint density at radius 2 is 2.26 bits per heavy atom. The molecule has 0 aromatic carbocycles. The van der Waals surface area contributed by atoms with Crippen LogP contribution in [0.5, 0.6) is 0 Å². The van der Waals surface area contributed by atoms with E-state index in [0.717, 1.165) is 0 Å². The number of amides is 2. The third-order valence-corrected chi connectivity index (χ3v) is 6.24. The van der Waals surface area contributed by atoms with Crippen LogP contribution in [0.1, 0.15) is 18.6 Å². The predicted octanol–water partition coefficient (Wildman–Crippen LogP) is 0.179. The maximum atomic E-state index is 12.2. The minimum Gasteiger partial charge on any atom is -0.467 e. The van der Waals surface area contributed by atoms with Gasteiger partial charge in [-0.15, -0.1) is 0 Å². The average Bonchev–Trinajstić information content (AvgIpc) is 3.19. The van der Waals surface area contributed by atoms with Crippen LogP contribution in [0.4, 0.5) is 0 Å². The van der Waals surface area contributed by atoms with Crippen LogP contribution in [-0.2, 0) is 26.0 Å². The number of sulfone groups is 1. The number of carbonyl (C=O) groups is 2. The summed E-state index contributed by atoms with van der Waals surface area (Å²) in [5.74, 6) is 0.398. The summed E-state index contributed by atoms with van der Waals surface area (Å²) in [5.41, 5.74) is 0. The molecule has 8 heteroatoms. The first-order valence-electron chi connectivity index (χ1n) is 7.71. The standard InChI is InChI=1S/C15H20N2O5S/c18-14-6-12(8-17(14)9-13-2-1-4-22-13)15(19)16-7-11-3-5-23(20,21)10-11/h1-2,4,11-12H,3,5-10H2,(H,16,19)/t11-,12+/m0/s1. The quantitative estimate of drug-likeness (QED) is 0.825. The Morgan fingerprint density at radius 3 is 2.91 bits per heavy atom. The summed E-state index contributed by atoms with van der Waals surface area (Å²) in [4.78, 5) is 25.8. The van der Waals surface area contributed by atoms with Gasteiger partial charge in [-0.1, -0.05) is 0 Å². The molecule has 1 aromatic rings. The number of rotatable bonds is 5. The minimum atomic E-state index is -2.93. The summed E-state index contributed by atoms with van der Waals surface area (Å²) >= 11 is 0. The van der Waals surface area contributed by atoms with Crippen molar-refractivity contribution in [2.75, 3.05) is 24.6 Å². The molecule has 3 heterocycles. The molecule has 126 valence electrons. The van der Waals surface area contributed by atoms with E-state index in [1.165, 1.54) is 0 Å². The second-order valence-corrected chi connectivity index (χ2v) is 8.50. The molecule has 23 heavy (non-hydrogen) atoms. The van der Waals surface area contributed by atoms with Crippen molar-refractivity contribution in [1.82, 2.24) is 10.2 Å². The topological polar surface area (TPSA) is 96.7 Å². The van der Waals surface area contributed by atoms with Crippen molar-refractivity contribution in [3.8, 4) is 0 Å². The third-order valence-electron chi connectivity index (χ3n) is 4.40. The fraction of sp³-hybridized carbons (Fsp3) is 0.600. The highest BCUT2D eigenvalue weighted by Crippen LogP contribution is 2.21. The molecule has 1 aromatic heterocycles. The van der Waals surface area contributed by atoms with Crippen molar-refractivity contribution in [3.63, 3.8) is 0 Å². The fourth-order valence-electron chi connectivity index (χ4n) is 3.11. The number of hydrogen-bond donors (Lipinski definition) is 1. The van der Waals surface area contributed by atoms with Gasteiger partial charge in [0.1, 0.15) is 5.76 Å². The Labute approximate surface area is 134 Å². The van der Waals surface area contributed by atoms with E-state index in [2.05, 4.69) is 5.32 Å². The first-order chi connectivity index (χ1) is 10.9. The first kappa shape index (κ1) is 16.0. The predicted molar refractivity (Wildman–Crippen MR) is 82.0 cm³/mol. The Bertz CT molecular complexity index is 683. The lowest BCUT2D eigenvalue weighted by Gasteiger charge is -2.16. The molecule has 2 atom stereocenters. The highest BCUT2D eigenvalue weighted by Gasteiger charge is 2.35. The van der Waals surface area contributed by atoms with Gasteiger partial charge in [-0.2, -0.15) is 0 Å². The molecular weight excluding hydrogens is 320 g/mol. The highest BCUT2D eigenvalue weighted by molar-refractivity contribution is 7.91. The van der Waals surface area contributed by atoms with Crippen LogP contribution >= 0.6 is 0 Å². The van der Waals surface area contributed by atoms with Crippen LogP contribution in [0.25, 0.3) is 0 Å². The van der Waals surface area contributed by atoms with E-state index < -0.39 is 9.84 Å². The molecule has 2 fully saturated rings. The van der Waals surface area contributed by atoms with Gasteiger partial charge in [0.2, 0.25) is 11.8 Å². The molecule has 0 aliphatic carbocycles. The summed E-state index contributed by atoms with van der Waals surface area (Å²) in [6, 6.07) is 3.55. The number of nitrogens with zero attached hydrogens (tertiary/aromatic N) is 1. The van der Waals surface area contributed by atoms with Gasteiger partial charge in [-0.3, -0.25) is 9.59 Å². The number of likely N-dealkylation sites (tertiary alicyclic amines) is 1. The van der Waals surface area contributed by atoms with Crippen molar-refractivity contribution < 1.29 is 22.4 Å². The van der Waals surface area contributed by atoms with Crippen LogP contribution in [0, 0.1) is 11.8 Å². The van der Waals surface area contributed by atoms with Gasteiger partial charge >= 0.3 is 0 Å². The van der Waals surface area contributed by atoms with Gasteiger partial charge < -0.3 is 14.6 Å². The zero-order valence-electron chi connectivity index (χ0n) is 12.7. The summed E-state index contributed by atoms with van der Waals surface area (Å²) in [7, 11) is -2.93. The number of hydrogen-bond acceptors (Lipinski definition) is 5. The molecule has 0 saturated carbocycles. The smallest absolute Gasteiger partial charge is 0.225 e. The fourth-order valence-corrected chi connectivity index (χ4v) is 4.98. The molecule has 0 unspecified atom stereocenters. The van der Waals surface area contributed by atoms with Crippen molar-refractivity contribution in [2.45, 2.75) is 19.4 Å². The Hall–Kier alpha value is -1.83. The molecule has 2 saturated heterocycles. The third kappa shape index (κ3) is 3.93. The number of nitrogens with one attached hydrogen (secondary N) is 1. The van der Waals surface area contributed by atoms with Gasteiger partial charge in [-0.05, 0) is 24.5 Å². The largest absolute Gasteiger partial charge is 0.467 e. The van der Waals surface area contributed by atoms with Crippen LogP contribution < -0.4 is 5.32 Å². The summed E-state index contributed by atoms with van der Waals surface area (Å²) in [6.45, 7) is 1.10. The lowest BCUT2D eigenvalue weighted by Crippen LogP contribution is -2.36.